The van der Waals surface area contributed by atoms with Gasteiger partial charge in [-0.2, -0.15) is 0 Å². The Kier molecular flexibility index (Phi) is 47.7. The molecular formula is C115H150O18. The van der Waals surface area contributed by atoms with Gasteiger partial charge in [-0.3, -0.25) is 9.59 Å². The first-order chi connectivity index (χ1) is 65.7. The predicted molar refractivity (Wildman–Crippen MR) is 520 cm³/mol. The first-order valence-electron chi connectivity index (χ1n) is 50.2. The second-order valence-corrected chi connectivity index (χ2v) is 36.2. The lowest BCUT2D eigenvalue weighted by Crippen LogP contribution is -2.71. The third kappa shape index (κ3) is 36.7. The van der Waals surface area contributed by atoms with Gasteiger partial charge in [0, 0.05) is 12.8 Å². The zero-order chi connectivity index (χ0) is 92.0. The summed E-state index contributed by atoms with van der Waals surface area (Å²) in [6.45, 7) is 5.00. The highest BCUT2D eigenvalue weighted by Crippen LogP contribution is 2.42. The van der Waals surface area contributed by atoms with Crippen molar-refractivity contribution < 1.29 is 85.7 Å². The van der Waals surface area contributed by atoms with Crippen LogP contribution >= 0.6 is 0 Å². The van der Waals surface area contributed by atoms with E-state index in [0.29, 0.717) is 12.8 Å². The van der Waals surface area contributed by atoms with E-state index in [9.17, 15) is 9.90 Å². The molecular weight excluding hydrogens is 1670 g/mol. The van der Waals surface area contributed by atoms with Crippen LogP contribution in [-0.4, -0.2) is 128 Å². The summed E-state index contributed by atoms with van der Waals surface area (Å²) in [4.78, 5) is 30.2. The van der Waals surface area contributed by atoms with Crippen molar-refractivity contribution in [2.45, 2.75) is 364 Å². The molecule has 18 nitrogen and oxygen atoms in total. The molecule has 2 saturated heterocycles. The molecule has 718 valence electrons. The highest BCUT2D eigenvalue weighted by atomic mass is 16.8. The van der Waals surface area contributed by atoms with Gasteiger partial charge in [0.25, 0.3) is 0 Å². The number of benzene rings is 9. The van der Waals surface area contributed by atoms with E-state index in [4.69, 9.17) is 71.1 Å². The van der Waals surface area contributed by atoms with E-state index in [0.717, 1.165) is 95.0 Å². The maximum Gasteiger partial charge on any atom is 0.306 e. The molecule has 0 radical (unpaired) electrons. The average molecular weight is 1820 g/mol. The lowest BCUT2D eigenvalue weighted by molar-refractivity contribution is -0.378. The Balaban J connectivity index is 0.947. The molecule has 0 unspecified atom stereocenters. The maximum absolute atomic E-state index is 15.6. The number of rotatable bonds is 65. The van der Waals surface area contributed by atoms with Gasteiger partial charge in [-0.25, -0.2) is 0 Å². The number of unbranched alkanes of at least 4 members (excludes halogenated alkanes) is 26. The molecule has 18 heteroatoms. The summed E-state index contributed by atoms with van der Waals surface area (Å²) >= 11 is 0. The van der Waals surface area contributed by atoms with Crippen LogP contribution in [0, 0.1) is 0 Å². The summed E-state index contributed by atoms with van der Waals surface area (Å²) in [6.07, 6.45) is 12.2. The molecule has 1 saturated carbocycles. The van der Waals surface area contributed by atoms with E-state index < -0.39 is 104 Å². The summed E-state index contributed by atoms with van der Waals surface area (Å²) in [5.41, 5.74) is 7.79. The van der Waals surface area contributed by atoms with Crippen molar-refractivity contribution in [2.75, 3.05) is 13.2 Å². The lowest BCUT2D eigenvalue weighted by Gasteiger charge is -2.52. The molecule has 1 N–H and O–H groups in total. The van der Waals surface area contributed by atoms with Gasteiger partial charge in [-0.15, -0.1) is 0 Å². The Hall–Kier alpha value is -8.64. The van der Waals surface area contributed by atoms with Crippen molar-refractivity contribution in [3.05, 3.63) is 323 Å². The third-order valence-corrected chi connectivity index (χ3v) is 25.6. The first kappa shape index (κ1) is 103. The fourth-order valence-electron chi connectivity index (χ4n) is 18.0. The minimum atomic E-state index is -1.84. The number of carbonyl (C=O) groups excluding carboxylic acids is 2. The van der Waals surface area contributed by atoms with E-state index in [1.807, 2.05) is 273 Å². The molecule has 0 spiro atoms. The number of ether oxygens (including phenoxy) is 15. The van der Waals surface area contributed by atoms with Crippen molar-refractivity contribution in [1.82, 2.24) is 0 Å². The van der Waals surface area contributed by atoms with E-state index in [1.165, 1.54) is 122 Å². The van der Waals surface area contributed by atoms with Crippen LogP contribution in [0.25, 0.3) is 0 Å². The number of carbonyl (C=O) groups is 2. The van der Waals surface area contributed by atoms with Gasteiger partial charge in [-0.05, 0) is 62.9 Å². The predicted octanol–water partition coefficient (Wildman–Crippen LogP) is 24.7. The maximum atomic E-state index is 15.6. The smallest absolute Gasteiger partial charge is 0.306 e. The van der Waals surface area contributed by atoms with E-state index in [-0.39, 0.29) is 91.5 Å². The van der Waals surface area contributed by atoms with Crippen molar-refractivity contribution in [1.29, 1.82) is 0 Å². The van der Waals surface area contributed by atoms with Crippen LogP contribution in [0.5, 0.6) is 0 Å². The fourth-order valence-corrected chi connectivity index (χ4v) is 18.0. The van der Waals surface area contributed by atoms with Gasteiger partial charge in [0.15, 0.2) is 18.7 Å². The van der Waals surface area contributed by atoms with Crippen molar-refractivity contribution >= 4 is 11.9 Å². The summed E-state index contributed by atoms with van der Waals surface area (Å²) in [7, 11) is 0. The van der Waals surface area contributed by atoms with Crippen molar-refractivity contribution in [3.63, 3.8) is 0 Å². The highest BCUT2D eigenvalue weighted by Gasteiger charge is 2.61. The van der Waals surface area contributed by atoms with Crippen LogP contribution in [0.3, 0.4) is 0 Å². The van der Waals surface area contributed by atoms with E-state index >= 15 is 4.79 Å². The Morgan fingerprint density at radius 2 is 0.459 bits per heavy atom. The summed E-state index contributed by atoms with van der Waals surface area (Å²) < 4.78 is 110. The Labute approximate surface area is 793 Å². The van der Waals surface area contributed by atoms with Crippen LogP contribution in [0.1, 0.15) is 257 Å². The molecule has 2 heterocycles. The number of aliphatic hydroxyl groups excluding tert-OH is 1. The molecule has 3 fully saturated rings. The lowest BCUT2D eigenvalue weighted by atomic mass is 9.83. The number of hydrogen-bond donors (Lipinski definition) is 1. The molecule has 12 rings (SSSR count). The fraction of sp³-hybridized carbons (Fsp3) is 0.513. The van der Waals surface area contributed by atoms with Gasteiger partial charge >= 0.3 is 11.9 Å². The Morgan fingerprint density at radius 3 is 0.744 bits per heavy atom. The third-order valence-electron chi connectivity index (χ3n) is 25.6. The zero-order valence-electron chi connectivity index (χ0n) is 79.1. The number of esters is 2. The topological polar surface area (TPSA) is 193 Å². The van der Waals surface area contributed by atoms with Crippen LogP contribution < -0.4 is 0 Å². The molecule has 0 aromatic heterocycles. The van der Waals surface area contributed by atoms with Crippen LogP contribution in [0.15, 0.2) is 273 Å². The summed E-state index contributed by atoms with van der Waals surface area (Å²) in [5, 5.41) is 14.7. The van der Waals surface area contributed by atoms with Gasteiger partial charge in [0.1, 0.15) is 86.0 Å². The van der Waals surface area contributed by atoms with Crippen molar-refractivity contribution in [3.8, 4) is 0 Å². The molecule has 16 atom stereocenters. The monoisotopic (exact) mass is 1820 g/mol. The molecule has 0 bridgehead atoms. The Morgan fingerprint density at radius 1 is 0.241 bits per heavy atom. The van der Waals surface area contributed by atoms with E-state index in [1.54, 1.807) is 0 Å². The number of hydrogen-bond acceptors (Lipinski definition) is 18. The largest absolute Gasteiger partial charge is 0.463 e. The quantitative estimate of drug-likeness (QED) is 0.0279. The van der Waals surface area contributed by atoms with Gasteiger partial charge in [0.2, 0.25) is 0 Å². The van der Waals surface area contributed by atoms with Crippen LogP contribution in [0.2, 0.25) is 0 Å². The van der Waals surface area contributed by atoms with Crippen LogP contribution in [-0.2, 0) is 140 Å². The molecule has 133 heavy (non-hydrogen) atoms. The normalized spacial score (nSPS) is 22.5. The van der Waals surface area contributed by atoms with Gasteiger partial charge in [-0.1, -0.05) is 454 Å². The van der Waals surface area contributed by atoms with Gasteiger partial charge < -0.3 is 76.2 Å². The molecule has 0 amide bonds. The first-order valence-corrected chi connectivity index (χ1v) is 50.2. The average Bonchev–Trinajstić information content (AvgIpc) is 0.751. The summed E-state index contributed by atoms with van der Waals surface area (Å²) in [5.74, 6) is -0.923. The zero-order valence-corrected chi connectivity index (χ0v) is 79.1. The Bertz CT molecular complexity index is 4450. The molecule has 2 aliphatic heterocycles. The minimum absolute atomic E-state index is 0.0131. The summed E-state index contributed by atoms with van der Waals surface area (Å²) in [6, 6.07) is 88.8. The number of aliphatic hydroxyl groups is 1. The minimum Gasteiger partial charge on any atom is -0.463 e. The molecule has 1 aliphatic carbocycles. The van der Waals surface area contributed by atoms with Crippen molar-refractivity contribution in [2.24, 2.45) is 0 Å². The van der Waals surface area contributed by atoms with Crippen LogP contribution in [0.4, 0.5) is 0 Å². The second-order valence-electron chi connectivity index (χ2n) is 36.2. The molecule has 9 aromatic rings. The second kappa shape index (κ2) is 61.5. The molecule has 9 aromatic carbocycles. The van der Waals surface area contributed by atoms with Gasteiger partial charge in [0.05, 0.1) is 66.1 Å². The van der Waals surface area contributed by atoms with E-state index in [2.05, 4.69) is 13.8 Å². The standard InChI is InChI=1S/C115H150O18/c1-3-5-7-9-11-13-15-17-18-20-22-24-26-28-57-77-101(117)131-111-106(133-115-113(128-86-97-74-54-37-55-75-97)108(124-82-93-66-46-33-47-67-93)104(122-80-91-62-42-31-43-63-91)99(130-115)88-120-100(116)76-56-27-25-23-21-19-16-14-12-10-8-6-4-2)102(118)105(109(125-83-94-68-48-34-49-69-94)110(111)126-84-95-70-50-35-51-71-95)132-114-112(127-85-96-72-52-36-53-73-96)107(123-81-92-64-44-32-45-65-92)103(121-79-90-60-40-30-41-61-90)98(129-114)87-119-78-89-58-38-29-39-59-89/h29-55,58-75,98-99,102-115,118H,3-28,56-57,76-88H2,1-2H3/t98-,99-,102+,103-,104-,105+,106+,107+,108+,109-,110+,111+,112+,113+,114-,115-/m1/s1. The highest BCUT2D eigenvalue weighted by molar-refractivity contribution is 5.70. The molecule has 3 aliphatic rings. The SMILES string of the molecule is CCCCCCCCCCCCCCCCCC(=O)O[C@@H]1[C@@H](OCc2ccccc2)[C@H](OCc2ccccc2)[C@@H](O[C@H]2O[C@H](COCc3ccccc3)[C@@H](OCc3ccccc3)[C@H](OCc3ccccc3)[C@@H]2OCc2ccccc2)[C@H](O)[C@@H]1O[C@H]1O[C@H](COC(=O)CCCCCCCCCCCCCCC)[C@@H](OCc2ccccc2)[C@H](OCc2ccccc2)[C@@H]1OCc1ccccc1.